The van der Waals surface area contributed by atoms with Gasteiger partial charge >= 0.3 is 0 Å². The maximum Gasteiger partial charge on any atom is 0.222 e. The van der Waals surface area contributed by atoms with E-state index in [0.717, 1.165) is 41.8 Å². The Hall–Kier alpha value is -2.80. The predicted octanol–water partition coefficient (Wildman–Crippen LogP) is 1.49. The van der Waals surface area contributed by atoms with Crippen molar-refractivity contribution in [1.82, 2.24) is 30.6 Å². The van der Waals surface area contributed by atoms with Crippen molar-refractivity contribution in [3.05, 3.63) is 52.8 Å². The summed E-state index contributed by atoms with van der Waals surface area (Å²) in [6.07, 6.45) is 3.29. The predicted molar refractivity (Wildman–Crippen MR) is 98.4 cm³/mol. The van der Waals surface area contributed by atoms with E-state index in [1.807, 2.05) is 37.4 Å². The quantitative estimate of drug-likeness (QED) is 0.728. The average molecular weight is 350 g/mol. The van der Waals surface area contributed by atoms with E-state index in [-0.39, 0.29) is 5.91 Å². The van der Waals surface area contributed by atoms with Gasteiger partial charge in [0.25, 0.3) is 0 Å². The Morgan fingerprint density at radius 3 is 3.15 bits per heavy atom. The first-order chi connectivity index (χ1) is 12.7. The van der Waals surface area contributed by atoms with E-state index >= 15 is 0 Å². The lowest BCUT2D eigenvalue weighted by Gasteiger charge is -2.21. The molecule has 1 aliphatic rings. The molecule has 3 heterocycles. The van der Waals surface area contributed by atoms with Gasteiger partial charge in [0, 0.05) is 31.4 Å². The third-order valence-electron chi connectivity index (χ3n) is 4.90. The van der Waals surface area contributed by atoms with Crippen LogP contribution in [0.3, 0.4) is 0 Å². The van der Waals surface area contributed by atoms with Crippen molar-refractivity contribution in [3.8, 4) is 0 Å². The van der Waals surface area contributed by atoms with Crippen molar-refractivity contribution in [2.24, 2.45) is 0 Å². The molecule has 0 bridgehead atoms. The second kappa shape index (κ2) is 7.21. The molecule has 0 radical (unpaired) electrons. The van der Waals surface area contributed by atoms with E-state index in [9.17, 15) is 4.79 Å². The number of hydrogen-bond donors (Lipinski definition) is 2. The first kappa shape index (κ1) is 16.7. The number of nitrogens with zero attached hydrogens (tertiary/aromatic N) is 4. The minimum atomic E-state index is 0.00974. The Balaban J connectivity index is 1.39. The van der Waals surface area contributed by atoms with Crippen LogP contribution in [-0.2, 0) is 30.8 Å². The molecule has 134 valence electrons. The SMILES string of the molecule is Cc1ncc2c(c1CNC(=O)CCn1nnc3ccccc31)CCNC2. The number of fused-ring (bicyclic) bond motifs is 2. The summed E-state index contributed by atoms with van der Waals surface area (Å²) in [4.78, 5) is 16.8. The molecule has 2 aromatic heterocycles. The Morgan fingerprint density at radius 1 is 1.35 bits per heavy atom. The highest BCUT2D eigenvalue weighted by Gasteiger charge is 2.16. The van der Waals surface area contributed by atoms with Gasteiger partial charge in [0.05, 0.1) is 12.1 Å². The van der Waals surface area contributed by atoms with E-state index in [1.165, 1.54) is 11.1 Å². The maximum absolute atomic E-state index is 12.3. The molecule has 2 N–H and O–H groups in total. The van der Waals surface area contributed by atoms with Gasteiger partial charge < -0.3 is 10.6 Å². The standard InChI is InChI=1S/C19H22N6O/c1-13-16(15-6-8-20-10-14(15)11-21-13)12-22-19(26)7-9-25-18-5-3-2-4-17(18)23-24-25/h2-5,11,20H,6-10,12H2,1H3,(H,22,26). The fraction of sp³-hybridized carbons (Fsp3) is 0.368. The van der Waals surface area contributed by atoms with Crippen molar-refractivity contribution in [2.45, 2.75) is 39.4 Å². The molecular formula is C19H22N6O. The molecule has 4 rings (SSSR count). The van der Waals surface area contributed by atoms with Crippen LogP contribution in [0, 0.1) is 6.92 Å². The summed E-state index contributed by atoms with van der Waals surface area (Å²) in [5, 5.41) is 14.6. The van der Waals surface area contributed by atoms with E-state index in [1.54, 1.807) is 4.68 Å². The van der Waals surface area contributed by atoms with Gasteiger partial charge in [-0.1, -0.05) is 17.3 Å². The highest BCUT2D eigenvalue weighted by Crippen LogP contribution is 2.20. The number of amides is 1. The van der Waals surface area contributed by atoms with Gasteiger partial charge in [0.15, 0.2) is 0 Å². The van der Waals surface area contributed by atoms with Crippen LogP contribution in [0.25, 0.3) is 11.0 Å². The van der Waals surface area contributed by atoms with E-state index in [0.29, 0.717) is 19.5 Å². The first-order valence-electron chi connectivity index (χ1n) is 8.94. The number of carbonyl (C=O) groups excluding carboxylic acids is 1. The molecule has 0 unspecified atom stereocenters. The van der Waals surface area contributed by atoms with Gasteiger partial charge in [-0.15, -0.1) is 5.10 Å². The number of pyridine rings is 1. The molecule has 0 saturated heterocycles. The van der Waals surface area contributed by atoms with Gasteiger partial charge in [0.2, 0.25) is 5.91 Å². The molecule has 0 fully saturated rings. The van der Waals surface area contributed by atoms with Crippen LogP contribution >= 0.6 is 0 Å². The molecule has 26 heavy (non-hydrogen) atoms. The second-order valence-electron chi connectivity index (χ2n) is 6.58. The number of aryl methyl sites for hydroxylation is 2. The number of nitrogens with one attached hydrogen (secondary N) is 2. The van der Waals surface area contributed by atoms with Crippen LogP contribution in [-0.4, -0.2) is 32.4 Å². The monoisotopic (exact) mass is 350 g/mol. The highest BCUT2D eigenvalue weighted by atomic mass is 16.1. The second-order valence-corrected chi connectivity index (χ2v) is 6.58. The van der Waals surface area contributed by atoms with Crippen LogP contribution in [0.5, 0.6) is 0 Å². The molecule has 1 amide bonds. The fourth-order valence-corrected chi connectivity index (χ4v) is 3.44. The number of carbonyl (C=O) groups is 1. The Labute approximate surface area is 151 Å². The number of hydrogen-bond acceptors (Lipinski definition) is 5. The minimum Gasteiger partial charge on any atom is -0.352 e. The van der Waals surface area contributed by atoms with Gasteiger partial charge in [-0.25, -0.2) is 4.68 Å². The van der Waals surface area contributed by atoms with Gasteiger partial charge in [0.1, 0.15) is 5.52 Å². The largest absolute Gasteiger partial charge is 0.352 e. The summed E-state index contributed by atoms with van der Waals surface area (Å²) in [7, 11) is 0. The summed E-state index contributed by atoms with van der Waals surface area (Å²) >= 11 is 0. The van der Waals surface area contributed by atoms with Crippen molar-refractivity contribution >= 4 is 16.9 Å². The lowest BCUT2D eigenvalue weighted by Crippen LogP contribution is -2.29. The molecule has 1 aromatic carbocycles. The Morgan fingerprint density at radius 2 is 2.23 bits per heavy atom. The van der Waals surface area contributed by atoms with Crippen LogP contribution in [0.1, 0.15) is 28.8 Å². The van der Waals surface area contributed by atoms with Crippen molar-refractivity contribution < 1.29 is 4.79 Å². The maximum atomic E-state index is 12.3. The van der Waals surface area contributed by atoms with E-state index in [4.69, 9.17) is 0 Å². The zero-order valence-electron chi connectivity index (χ0n) is 14.8. The highest BCUT2D eigenvalue weighted by molar-refractivity contribution is 5.77. The van der Waals surface area contributed by atoms with Crippen LogP contribution in [0.4, 0.5) is 0 Å². The molecule has 0 spiro atoms. The first-order valence-corrected chi connectivity index (χ1v) is 8.94. The van der Waals surface area contributed by atoms with Crippen LogP contribution < -0.4 is 10.6 Å². The van der Waals surface area contributed by atoms with Crippen molar-refractivity contribution in [1.29, 1.82) is 0 Å². The Bertz CT molecular complexity index is 948. The lowest BCUT2D eigenvalue weighted by molar-refractivity contribution is -0.121. The summed E-state index contributed by atoms with van der Waals surface area (Å²) in [6, 6.07) is 7.76. The third-order valence-corrected chi connectivity index (χ3v) is 4.90. The zero-order valence-corrected chi connectivity index (χ0v) is 14.8. The summed E-state index contributed by atoms with van der Waals surface area (Å²) < 4.78 is 1.78. The molecule has 3 aromatic rings. The molecule has 0 atom stereocenters. The molecule has 7 heteroatoms. The smallest absolute Gasteiger partial charge is 0.222 e. The molecule has 0 aliphatic carbocycles. The minimum absolute atomic E-state index is 0.00974. The lowest BCUT2D eigenvalue weighted by atomic mass is 9.96. The fourth-order valence-electron chi connectivity index (χ4n) is 3.44. The normalized spacial score (nSPS) is 13.6. The number of para-hydroxylation sites is 1. The average Bonchev–Trinajstić information content (AvgIpc) is 3.09. The van der Waals surface area contributed by atoms with Crippen LogP contribution in [0.15, 0.2) is 30.5 Å². The van der Waals surface area contributed by atoms with Gasteiger partial charge in [-0.2, -0.15) is 0 Å². The van der Waals surface area contributed by atoms with Crippen molar-refractivity contribution in [2.75, 3.05) is 6.54 Å². The van der Waals surface area contributed by atoms with E-state index < -0.39 is 0 Å². The zero-order chi connectivity index (χ0) is 17.9. The van der Waals surface area contributed by atoms with Crippen molar-refractivity contribution in [3.63, 3.8) is 0 Å². The number of benzene rings is 1. The Kier molecular flexibility index (Phi) is 4.62. The van der Waals surface area contributed by atoms with Gasteiger partial charge in [-0.3, -0.25) is 9.78 Å². The number of aromatic nitrogens is 4. The topological polar surface area (TPSA) is 84.7 Å². The molecule has 0 saturated carbocycles. The van der Waals surface area contributed by atoms with E-state index in [2.05, 4.69) is 25.9 Å². The summed E-state index contributed by atoms with van der Waals surface area (Å²) in [5.74, 6) is 0.00974. The van der Waals surface area contributed by atoms with Crippen LogP contribution in [0.2, 0.25) is 0 Å². The summed E-state index contributed by atoms with van der Waals surface area (Å²) in [5.41, 5.74) is 6.51. The molecule has 7 nitrogen and oxygen atoms in total. The molecular weight excluding hydrogens is 328 g/mol. The third kappa shape index (κ3) is 3.30. The molecule has 1 aliphatic heterocycles. The summed E-state index contributed by atoms with van der Waals surface area (Å²) in [6.45, 7) is 4.87. The number of rotatable bonds is 5. The van der Waals surface area contributed by atoms with Gasteiger partial charge in [-0.05, 0) is 48.7 Å².